The summed E-state index contributed by atoms with van der Waals surface area (Å²) >= 11 is 0. The number of hydrogen-bond donors (Lipinski definition) is 0. The van der Waals surface area contributed by atoms with Crippen molar-refractivity contribution in [2.24, 2.45) is 0 Å². The van der Waals surface area contributed by atoms with Gasteiger partial charge in [-0.2, -0.15) is 5.10 Å². The van der Waals surface area contributed by atoms with Gasteiger partial charge in [0.1, 0.15) is 0 Å². The Morgan fingerprint density at radius 3 is 2.31 bits per heavy atom. The van der Waals surface area contributed by atoms with Gasteiger partial charge in [0.25, 0.3) is 5.95 Å². The lowest BCUT2D eigenvalue weighted by Crippen LogP contribution is -2.21. The van der Waals surface area contributed by atoms with Crippen LogP contribution in [0.15, 0.2) is 24.3 Å². The van der Waals surface area contributed by atoms with E-state index in [9.17, 15) is 4.79 Å². The fourth-order valence-corrected chi connectivity index (χ4v) is 4.07. The van der Waals surface area contributed by atoms with Crippen LogP contribution in [-0.4, -0.2) is 39.8 Å². The first kappa shape index (κ1) is 19.1. The molecule has 1 aromatic carbocycles. The van der Waals surface area contributed by atoms with E-state index in [0.29, 0.717) is 35.9 Å². The summed E-state index contributed by atoms with van der Waals surface area (Å²) < 4.78 is 12.5. The Bertz CT molecular complexity index is 1080. The zero-order valence-corrected chi connectivity index (χ0v) is 17.3. The minimum Gasteiger partial charge on any atom is -0.493 e. The van der Waals surface area contributed by atoms with Gasteiger partial charge in [0.05, 0.1) is 31.2 Å². The molecule has 150 valence electrons. The van der Waals surface area contributed by atoms with E-state index in [4.69, 9.17) is 9.47 Å². The molecule has 7 nitrogen and oxygen atoms in total. The average molecular weight is 392 g/mol. The predicted octanol–water partition coefficient (Wildman–Crippen LogP) is 3.52. The molecule has 2 heterocycles. The second kappa shape index (κ2) is 7.31. The van der Waals surface area contributed by atoms with Crippen LogP contribution in [0.25, 0.3) is 5.95 Å². The summed E-state index contributed by atoms with van der Waals surface area (Å²) in [7, 11) is 3.22. The summed E-state index contributed by atoms with van der Waals surface area (Å²) in [6, 6.07) is 7.74. The lowest BCUT2D eigenvalue weighted by Gasteiger charge is -2.23. The number of methoxy groups -OCH3 is 2. The Kier molecular flexibility index (Phi) is 4.82. The van der Waals surface area contributed by atoms with Gasteiger partial charge in [-0.15, -0.1) is 0 Å². The van der Waals surface area contributed by atoms with Crippen molar-refractivity contribution in [2.75, 3.05) is 14.2 Å². The summed E-state index contributed by atoms with van der Waals surface area (Å²) in [5.74, 6) is 1.96. The molecule has 0 saturated carbocycles. The summed E-state index contributed by atoms with van der Waals surface area (Å²) in [5.41, 5.74) is 5.06. The Labute approximate surface area is 169 Å². The van der Waals surface area contributed by atoms with E-state index in [1.54, 1.807) is 18.9 Å². The topological polar surface area (TPSA) is 79.1 Å². The lowest BCUT2D eigenvalue weighted by molar-refractivity contribution is 0.0963. The molecule has 1 atom stereocenters. The highest BCUT2D eigenvalue weighted by molar-refractivity contribution is 6.00. The van der Waals surface area contributed by atoms with Crippen molar-refractivity contribution >= 4 is 5.78 Å². The van der Waals surface area contributed by atoms with Gasteiger partial charge in [0.2, 0.25) is 0 Å². The average Bonchev–Trinajstić information content (AvgIpc) is 3.03. The number of carbonyl (C=O) groups excluding carboxylic acids is 1. The van der Waals surface area contributed by atoms with E-state index < -0.39 is 0 Å². The van der Waals surface area contributed by atoms with Gasteiger partial charge in [0.15, 0.2) is 17.3 Å². The van der Waals surface area contributed by atoms with Crippen LogP contribution in [0.1, 0.15) is 51.0 Å². The standard InChI is InChI=1S/C22H24N4O3/c1-12-8-13(2)24-22(23-12)26-17-9-16(10-18(27)21(17)14(3)25-26)15-6-7-19(28-4)20(11-15)29-5/h6-8,11,16H,9-10H2,1-5H3/t16-/m1/s1. The molecule has 0 fully saturated rings. The van der Waals surface area contributed by atoms with Gasteiger partial charge < -0.3 is 9.47 Å². The fourth-order valence-electron chi connectivity index (χ4n) is 4.07. The molecule has 4 rings (SSSR count). The number of carbonyl (C=O) groups is 1. The smallest absolute Gasteiger partial charge is 0.251 e. The number of aromatic nitrogens is 4. The van der Waals surface area contributed by atoms with Crippen LogP contribution in [0.2, 0.25) is 0 Å². The Morgan fingerprint density at radius 1 is 0.966 bits per heavy atom. The lowest BCUT2D eigenvalue weighted by atomic mass is 9.81. The number of nitrogens with zero attached hydrogens (tertiary/aromatic N) is 4. The number of ketones is 1. The Morgan fingerprint density at radius 2 is 1.66 bits per heavy atom. The fraction of sp³-hybridized carbons (Fsp3) is 0.364. The van der Waals surface area contributed by atoms with Gasteiger partial charge in [-0.25, -0.2) is 14.6 Å². The van der Waals surface area contributed by atoms with E-state index in [1.807, 2.05) is 45.0 Å². The molecule has 0 aliphatic heterocycles. The molecule has 2 aromatic heterocycles. The van der Waals surface area contributed by atoms with Crippen molar-refractivity contribution in [1.82, 2.24) is 19.7 Å². The van der Waals surface area contributed by atoms with E-state index in [2.05, 4.69) is 15.1 Å². The minimum absolute atomic E-state index is 0.0237. The van der Waals surface area contributed by atoms with E-state index >= 15 is 0 Å². The summed E-state index contributed by atoms with van der Waals surface area (Å²) in [6.07, 6.45) is 1.11. The molecule has 0 N–H and O–H groups in total. The summed E-state index contributed by atoms with van der Waals surface area (Å²) in [5, 5.41) is 4.61. The monoisotopic (exact) mass is 392 g/mol. The number of rotatable bonds is 4. The van der Waals surface area contributed by atoms with E-state index in [-0.39, 0.29) is 11.7 Å². The van der Waals surface area contributed by atoms with Crippen LogP contribution >= 0.6 is 0 Å². The van der Waals surface area contributed by atoms with E-state index in [0.717, 1.165) is 28.3 Å². The van der Waals surface area contributed by atoms with Crippen molar-refractivity contribution in [3.8, 4) is 17.4 Å². The van der Waals surface area contributed by atoms with Crippen LogP contribution in [-0.2, 0) is 6.42 Å². The van der Waals surface area contributed by atoms with Gasteiger partial charge in [-0.1, -0.05) is 6.07 Å². The van der Waals surface area contributed by atoms with Crippen LogP contribution < -0.4 is 9.47 Å². The second-order valence-corrected chi connectivity index (χ2v) is 7.41. The Balaban J connectivity index is 1.78. The molecule has 1 aliphatic carbocycles. The van der Waals surface area contributed by atoms with Gasteiger partial charge in [-0.05, 0) is 56.9 Å². The molecule has 1 aliphatic rings. The van der Waals surface area contributed by atoms with Crippen molar-refractivity contribution in [3.05, 3.63) is 58.2 Å². The van der Waals surface area contributed by atoms with Crippen molar-refractivity contribution in [3.63, 3.8) is 0 Å². The zero-order chi connectivity index (χ0) is 20.7. The van der Waals surface area contributed by atoms with E-state index in [1.165, 1.54) is 0 Å². The van der Waals surface area contributed by atoms with Crippen LogP contribution in [0, 0.1) is 20.8 Å². The minimum atomic E-state index is 0.0237. The number of aryl methyl sites for hydroxylation is 3. The van der Waals surface area contributed by atoms with Gasteiger partial charge in [-0.3, -0.25) is 4.79 Å². The molecule has 0 unspecified atom stereocenters. The molecular weight excluding hydrogens is 368 g/mol. The number of Topliss-reactive ketones (excluding diaryl/α,β-unsaturated/α-hetero) is 1. The quantitative estimate of drug-likeness (QED) is 0.676. The largest absolute Gasteiger partial charge is 0.493 e. The number of benzene rings is 1. The third-order valence-electron chi connectivity index (χ3n) is 5.35. The maximum absolute atomic E-state index is 13.0. The number of fused-ring (bicyclic) bond motifs is 1. The Hall–Kier alpha value is -3.22. The molecule has 7 heteroatoms. The van der Waals surface area contributed by atoms with Gasteiger partial charge >= 0.3 is 0 Å². The van der Waals surface area contributed by atoms with Crippen LogP contribution in [0.3, 0.4) is 0 Å². The SMILES string of the molecule is COc1ccc([C@H]2CC(=O)c3c(C)nn(-c4nc(C)cc(C)n4)c3C2)cc1OC. The third-order valence-corrected chi connectivity index (χ3v) is 5.35. The maximum atomic E-state index is 13.0. The third kappa shape index (κ3) is 3.37. The van der Waals surface area contributed by atoms with Crippen molar-refractivity contribution < 1.29 is 14.3 Å². The second-order valence-electron chi connectivity index (χ2n) is 7.41. The molecule has 0 saturated heterocycles. The molecular formula is C22H24N4O3. The first-order valence-electron chi connectivity index (χ1n) is 9.57. The highest BCUT2D eigenvalue weighted by Crippen LogP contribution is 2.38. The maximum Gasteiger partial charge on any atom is 0.251 e. The molecule has 0 amide bonds. The summed E-state index contributed by atoms with van der Waals surface area (Å²) in [4.78, 5) is 22.1. The highest BCUT2D eigenvalue weighted by atomic mass is 16.5. The molecule has 0 bridgehead atoms. The highest BCUT2D eigenvalue weighted by Gasteiger charge is 2.33. The predicted molar refractivity (Wildman–Crippen MR) is 108 cm³/mol. The molecule has 0 radical (unpaired) electrons. The van der Waals surface area contributed by atoms with Crippen LogP contribution in [0.5, 0.6) is 11.5 Å². The molecule has 0 spiro atoms. The number of ether oxygens (including phenoxy) is 2. The normalized spacial score (nSPS) is 15.9. The molecule has 3 aromatic rings. The van der Waals surface area contributed by atoms with Gasteiger partial charge in [0, 0.05) is 17.8 Å². The zero-order valence-electron chi connectivity index (χ0n) is 17.3. The first-order chi connectivity index (χ1) is 13.9. The molecule has 29 heavy (non-hydrogen) atoms. The van der Waals surface area contributed by atoms with Crippen molar-refractivity contribution in [2.45, 2.75) is 39.5 Å². The van der Waals surface area contributed by atoms with Crippen molar-refractivity contribution in [1.29, 1.82) is 0 Å². The number of hydrogen-bond acceptors (Lipinski definition) is 6. The van der Waals surface area contributed by atoms with Crippen LogP contribution in [0.4, 0.5) is 0 Å². The first-order valence-corrected chi connectivity index (χ1v) is 9.57. The summed E-state index contributed by atoms with van der Waals surface area (Å²) in [6.45, 7) is 5.73.